The van der Waals surface area contributed by atoms with Gasteiger partial charge < -0.3 is 18.9 Å². The van der Waals surface area contributed by atoms with E-state index in [1.54, 1.807) is 0 Å². The molecule has 0 radical (unpaired) electrons. The standard InChI is InChI=1S/C4H8O.3C2H4O.C2H6.3CH4/c1-2-4-3-5-4;3*1-2-3-1;1-2;;;/h4H,2-3H2,1H3;3*1-2H2;1-2H3;3*1H4. The smallest absolute Gasteiger partial charge is 0.0807 e. The zero-order valence-electron chi connectivity index (χ0n) is 10.9. The molecule has 1 atom stereocenters. The summed E-state index contributed by atoms with van der Waals surface area (Å²) >= 11 is 0. The van der Waals surface area contributed by atoms with Crippen molar-refractivity contribution in [3.8, 4) is 0 Å². The van der Waals surface area contributed by atoms with Crippen molar-refractivity contribution >= 4 is 0 Å². The quantitative estimate of drug-likeness (QED) is 0.687. The van der Waals surface area contributed by atoms with E-state index in [9.17, 15) is 0 Å². The third-order valence-corrected chi connectivity index (χ3v) is 1.47. The van der Waals surface area contributed by atoms with Gasteiger partial charge in [0.05, 0.1) is 52.4 Å². The Hall–Kier alpha value is -0.160. The van der Waals surface area contributed by atoms with Crippen LogP contribution in [0.1, 0.15) is 49.5 Å². The Balaban J connectivity index is -0.0000000734. The van der Waals surface area contributed by atoms with Crippen LogP contribution in [-0.2, 0) is 18.9 Å². The predicted octanol–water partition coefficient (Wildman–Crippen LogP) is 3.78. The molecule has 0 aromatic heterocycles. The Bertz CT molecular complexity index is 98.8. The van der Waals surface area contributed by atoms with Gasteiger partial charge >= 0.3 is 0 Å². The fourth-order valence-electron chi connectivity index (χ4n) is 0.304. The number of hydrogen-bond donors (Lipinski definition) is 0. The highest BCUT2D eigenvalue weighted by Gasteiger charge is 2.18. The number of epoxide rings is 4. The monoisotopic (exact) mass is 282 g/mol. The molecule has 122 valence electrons. The van der Waals surface area contributed by atoms with Crippen LogP contribution in [0.5, 0.6) is 0 Å². The van der Waals surface area contributed by atoms with Gasteiger partial charge in [-0.1, -0.05) is 43.1 Å². The van der Waals surface area contributed by atoms with Gasteiger partial charge in [0.15, 0.2) is 0 Å². The van der Waals surface area contributed by atoms with Crippen LogP contribution < -0.4 is 0 Å². The molecule has 0 amide bonds. The number of hydrogen-bond acceptors (Lipinski definition) is 4. The highest BCUT2D eigenvalue weighted by atomic mass is 16.6. The first-order valence-corrected chi connectivity index (χ1v) is 6.28. The van der Waals surface area contributed by atoms with Crippen LogP contribution in [0.4, 0.5) is 0 Å². The van der Waals surface area contributed by atoms with Crippen LogP contribution >= 0.6 is 0 Å². The fourth-order valence-corrected chi connectivity index (χ4v) is 0.304. The lowest BCUT2D eigenvalue weighted by atomic mass is 10.4. The molecule has 0 saturated carbocycles. The summed E-state index contributed by atoms with van der Waals surface area (Å²) in [6.45, 7) is 13.1. The van der Waals surface area contributed by atoms with Crippen LogP contribution in [-0.4, -0.2) is 52.4 Å². The van der Waals surface area contributed by atoms with Gasteiger partial charge in [-0.25, -0.2) is 0 Å². The number of rotatable bonds is 1. The Labute approximate surface area is 121 Å². The maximum atomic E-state index is 4.86. The second-order valence-corrected chi connectivity index (χ2v) is 3.20. The van der Waals surface area contributed by atoms with E-state index in [-0.39, 0.29) is 22.3 Å². The number of ether oxygens (including phenoxy) is 4. The van der Waals surface area contributed by atoms with Gasteiger partial charge in [0.1, 0.15) is 0 Å². The summed E-state index contributed by atoms with van der Waals surface area (Å²) in [5.41, 5.74) is 0. The molecule has 4 aliphatic rings. The van der Waals surface area contributed by atoms with Crippen molar-refractivity contribution in [3.05, 3.63) is 0 Å². The van der Waals surface area contributed by atoms with Gasteiger partial charge in [-0.15, -0.1) is 0 Å². The summed E-state index contributed by atoms with van der Waals surface area (Å²) in [5, 5.41) is 0. The molecule has 1 unspecified atom stereocenters. The third-order valence-electron chi connectivity index (χ3n) is 1.47. The van der Waals surface area contributed by atoms with E-state index in [0.717, 1.165) is 46.2 Å². The zero-order chi connectivity index (χ0) is 12.1. The molecule has 4 saturated heterocycles. The maximum Gasteiger partial charge on any atom is 0.0807 e. The van der Waals surface area contributed by atoms with Gasteiger partial charge in [-0.3, -0.25) is 0 Å². The van der Waals surface area contributed by atoms with E-state index < -0.39 is 0 Å². The summed E-state index contributed by atoms with van der Waals surface area (Å²) in [7, 11) is 0. The van der Waals surface area contributed by atoms with E-state index in [4.69, 9.17) is 4.74 Å². The van der Waals surface area contributed by atoms with E-state index >= 15 is 0 Å². The lowest BCUT2D eigenvalue weighted by Gasteiger charge is -1.69. The van der Waals surface area contributed by atoms with Crippen LogP contribution in [0, 0.1) is 0 Å². The summed E-state index contributed by atoms with van der Waals surface area (Å²) in [4.78, 5) is 0. The van der Waals surface area contributed by atoms with Crippen molar-refractivity contribution in [2.24, 2.45) is 0 Å². The topological polar surface area (TPSA) is 50.1 Å². The average Bonchev–Trinajstić information content (AvgIpc) is 3.24. The minimum Gasteiger partial charge on any atom is -0.377 e. The molecule has 4 aliphatic heterocycles. The largest absolute Gasteiger partial charge is 0.377 e. The molecule has 0 aromatic carbocycles. The predicted molar refractivity (Wildman–Crippen MR) is 84.0 cm³/mol. The molecule has 4 heterocycles. The Morgan fingerprint density at radius 1 is 0.737 bits per heavy atom. The fraction of sp³-hybridized carbons (Fsp3) is 1.00. The van der Waals surface area contributed by atoms with Crippen LogP contribution in [0.25, 0.3) is 0 Å². The second-order valence-electron chi connectivity index (χ2n) is 3.20. The Kier molecular flexibility index (Phi) is 32.9. The normalized spacial score (nSPS) is 20.7. The molecule has 4 rings (SSSR count). The van der Waals surface area contributed by atoms with E-state index in [0.29, 0.717) is 6.10 Å². The molecular weight excluding hydrogens is 244 g/mol. The summed E-state index contributed by atoms with van der Waals surface area (Å²) < 4.78 is 18.4. The van der Waals surface area contributed by atoms with E-state index in [1.807, 2.05) is 13.8 Å². The first-order chi connectivity index (χ1) is 7.93. The maximum absolute atomic E-state index is 4.86. The minimum atomic E-state index is 0. The molecule has 0 bridgehead atoms. The van der Waals surface area contributed by atoms with Gasteiger partial charge in [-0.2, -0.15) is 0 Å². The zero-order valence-corrected chi connectivity index (χ0v) is 10.9. The van der Waals surface area contributed by atoms with Gasteiger partial charge in [0.25, 0.3) is 0 Å². The molecule has 4 nitrogen and oxygen atoms in total. The molecule has 19 heavy (non-hydrogen) atoms. The molecular formula is C15H38O4. The third kappa shape index (κ3) is 72.8. The van der Waals surface area contributed by atoms with Crippen LogP contribution in [0.2, 0.25) is 0 Å². The lowest BCUT2D eigenvalue weighted by molar-refractivity contribution is 0.403. The summed E-state index contributed by atoms with van der Waals surface area (Å²) in [6, 6.07) is 0. The van der Waals surface area contributed by atoms with Crippen molar-refractivity contribution in [1.82, 2.24) is 0 Å². The SMILES string of the molecule is C.C.C.C1CO1.C1CO1.C1CO1.CC.CCC1CO1. The summed E-state index contributed by atoms with van der Waals surface area (Å²) in [5.74, 6) is 0. The van der Waals surface area contributed by atoms with Crippen molar-refractivity contribution in [2.45, 2.75) is 55.6 Å². The van der Waals surface area contributed by atoms with Gasteiger partial charge in [-0.05, 0) is 6.42 Å². The summed E-state index contributed by atoms with van der Waals surface area (Å²) in [6.07, 6.45) is 1.83. The van der Waals surface area contributed by atoms with Crippen molar-refractivity contribution in [1.29, 1.82) is 0 Å². The van der Waals surface area contributed by atoms with Crippen molar-refractivity contribution in [3.63, 3.8) is 0 Å². The first-order valence-electron chi connectivity index (χ1n) is 6.28. The Morgan fingerprint density at radius 3 is 0.947 bits per heavy atom. The van der Waals surface area contributed by atoms with Crippen molar-refractivity contribution in [2.75, 3.05) is 46.2 Å². The lowest BCUT2D eigenvalue weighted by Crippen LogP contribution is -1.73. The highest BCUT2D eigenvalue weighted by Crippen LogP contribution is 2.10. The first kappa shape index (κ1) is 27.2. The highest BCUT2D eigenvalue weighted by molar-refractivity contribution is 4.64. The van der Waals surface area contributed by atoms with Crippen LogP contribution in [0.15, 0.2) is 0 Å². The molecule has 0 N–H and O–H groups in total. The molecule has 4 fully saturated rings. The van der Waals surface area contributed by atoms with Crippen molar-refractivity contribution < 1.29 is 18.9 Å². The van der Waals surface area contributed by atoms with Gasteiger partial charge in [0, 0.05) is 0 Å². The minimum absolute atomic E-state index is 0. The van der Waals surface area contributed by atoms with Gasteiger partial charge in [0.2, 0.25) is 0 Å². The van der Waals surface area contributed by atoms with Crippen LogP contribution in [0.3, 0.4) is 0 Å². The molecule has 0 aliphatic carbocycles. The Morgan fingerprint density at radius 2 is 0.947 bits per heavy atom. The molecule has 4 heteroatoms. The molecule has 0 aromatic rings. The molecule has 0 spiro atoms. The van der Waals surface area contributed by atoms with E-state index in [1.165, 1.54) is 6.42 Å². The van der Waals surface area contributed by atoms with E-state index in [2.05, 4.69) is 21.1 Å². The average molecular weight is 282 g/mol. The second kappa shape index (κ2) is 23.0.